The zero-order chi connectivity index (χ0) is 12.5. The van der Waals surface area contributed by atoms with Crippen LogP contribution in [0.2, 0.25) is 0 Å². The number of thiophene rings is 1. The first-order valence-corrected chi connectivity index (χ1v) is 6.00. The molecule has 2 rings (SSSR count). The summed E-state index contributed by atoms with van der Waals surface area (Å²) >= 11 is 1.30. The highest BCUT2D eigenvalue weighted by atomic mass is 32.1. The Morgan fingerprint density at radius 3 is 2.76 bits per heavy atom. The smallest absolute Gasteiger partial charge is 0.340 e. The second kappa shape index (κ2) is 4.46. The molecular formula is C11H13NO4S. The van der Waals surface area contributed by atoms with Gasteiger partial charge in [-0.1, -0.05) is 0 Å². The fourth-order valence-corrected chi connectivity index (χ4v) is 2.24. The molecule has 1 N–H and O–H groups in total. The van der Waals surface area contributed by atoms with Crippen molar-refractivity contribution in [3.05, 3.63) is 17.0 Å². The van der Waals surface area contributed by atoms with Crippen molar-refractivity contribution in [1.29, 1.82) is 0 Å². The minimum absolute atomic E-state index is 0.128. The average Bonchev–Trinajstić information content (AvgIpc) is 2.72. The van der Waals surface area contributed by atoms with Crippen molar-refractivity contribution in [2.75, 3.05) is 25.6 Å². The third-order valence-corrected chi connectivity index (χ3v) is 3.52. The number of anilines is 1. The largest absolute Gasteiger partial charge is 0.465 e. The van der Waals surface area contributed by atoms with E-state index in [-0.39, 0.29) is 5.91 Å². The molecular weight excluding hydrogens is 242 g/mol. The van der Waals surface area contributed by atoms with E-state index in [9.17, 15) is 9.59 Å². The van der Waals surface area contributed by atoms with Gasteiger partial charge < -0.3 is 14.8 Å². The Morgan fingerprint density at radius 2 is 2.24 bits per heavy atom. The van der Waals surface area contributed by atoms with Gasteiger partial charge in [0.05, 0.1) is 31.3 Å². The van der Waals surface area contributed by atoms with E-state index in [4.69, 9.17) is 4.74 Å². The molecule has 0 unspecified atom stereocenters. The molecule has 0 spiro atoms. The van der Waals surface area contributed by atoms with E-state index in [1.807, 2.05) is 6.92 Å². The molecule has 0 saturated carbocycles. The molecule has 6 heteroatoms. The summed E-state index contributed by atoms with van der Waals surface area (Å²) < 4.78 is 9.66. The molecule has 0 radical (unpaired) electrons. The standard InChI is InChI=1S/C11H13NO4S/c1-11(5-16-6-11)10(14)12-8-7(3-4-17-8)9(13)15-2/h3-4H,5-6H2,1-2H3,(H,12,14). The lowest BCUT2D eigenvalue weighted by molar-refractivity contribution is -0.151. The third kappa shape index (κ3) is 2.18. The van der Waals surface area contributed by atoms with Gasteiger partial charge in [0, 0.05) is 0 Å². The summed E-state index contributed by atoms with van der Waals surface area (Å²) in [6, 6.07) is 1.63. The summed E-state index contributed by atoms with van der Waals surface area (Å²) in [4.78, 5) is 23.4. The average molecular weight is 255 g/mol. The van der Waals surface area contributed by atoms with Crippen molar-refractivity contribution < 1.29 is 19.1 Å². The normalized spacial score (nSPS) is 17.1. The fourth-order valence-electron chi connectivity index (χ4n) is 1.47. The molecule has 1 aliphatic rings. The Balaban J connectivity index is 2.11. The molecule has 1 aliphatic heterocycles. The molecule has 0 aromatic carbocycles. The van der Waals surface area contributed by atoms with Gasteiger partial charge in [0.15, 0.2) is 0 Å². The summed E-state index contributed by atoms with van der Waals surface area (Å²) in [5.74, 6) is -0.576. The summed E-state index contributed by atoms with van der Waals surface area (Å²) in [5.41, 5.74) is -0.105. The zero-order valence-electron chi connectivity index (χ0n) is 9.61. The number of hydrogen-bond donors (Lipinski definition) is 1. The second-order valence-corrected chi connectivity index (χ2v) is 5.08. The van der Waals surface area contributed by atoms with Gasteiger partial charge in [0.25, 0.3) is 0 Å². The van der Waals surface area contributed by atoms with Crippen molar-refractivity contribution in [3.8, 4) is 0 Å². The van der Waals surface area contributed by atoms with E-state index >= 15 is 0 Å². The van der Waals surface area contributed by atoms with Crippen LogP contribution in [0.4, 0.5) is 5.00 Å². The molecule has 2 heterocycles. The number of ether oxygens (including phenoxy) is 2. The first kappa shape index (κ1) is 12.1. The lowest BCUT2D eigenvalue weighted by Crippen LogP contribution is -2.49. The van der Waals surface area contributed by atoms with Crippen molar-refractivity contribution in [2.45, 2.75) is 6.92 Å². The van der Waals surface area contributed by atoms with Gasteiger partial charge in [-0.05, 0) is 18.4 Å². The summed E-state index contributed by atoms with van der Waals surface area (Å²) in [6.45, 7) is 2.66. The second-order valence-electron chi connectivity index (χ2n) is 4.16. The highest BCUT2D eigenvalue weighted by molar-refractivity contribution is 7.14. The maximum absolute atomic E-state index is 11.9. The minimum Gasteiger partial charge on any atom is -0.465 e. The quantitative estimate of drug-likeness (QED) is 0.831. The number of hydrogen-bond acceptors (Lipinski definition) is 5. The summed E-state index contributed by atoms with van der Waals surface area (Å²) in [6.07, 6.45) is 0. The van der Waals surface area contributed by atoms with Crippen LogP contribution >= 0.6 is 11.3 Å². The van der Waals surface area contributed by atoms with E-state index in [0.29, 0.717) is 23.8 Å². The molecule has 5 nitrogen and oxygen atoms in total. The summed E-state index contributed by atoms with van der Waals surface area (Å²) in [5, 5.41) is 5.01. The van der Waals surface area contributed by atoms with E-state index in [1.54, 1.807) is 11.4 Å². The van der Waals surface area contributed by atoms with Crippen LogP contribution in [0.25, 0.3) is 0 Å². The molecule has 0 bridgehead atoms. The van der Waals surface area contributed by atoms with Crippen LogP contribution in [0.15, 0.2) is 11.4 Å². The Bertz CT molecular complexity index is 450. The van der Waals surface area contributed by atoms with E-state index in [2.05, 4.69) is 10.1 Å². The Hall–Kier alpha value is -1.40. The van der Waals surface area contributed by atoms with Crippen LogP contribution in [0.5, 0.6) is 0 Å². The van der Waals surface area contributed by atoms with Gasteiger partial charge in [-0.25, -0.2) is 4.79 Å². The minimum atomic E-state index is -0.489. The predicted molar refractivity (Wildman–Crippen MR) is 63.2 cm³/mol. The summed E-state index contributed by atoms with van der Waals surface area (Å²) in [7, 11) is 1.31. The fraction of sp³-hybridized carbons (Fsp3) is 0.455. The first-order chi connectivity index (χ1) is 8.07. The molecule has 1 saturated heterocycles. The van der Waals surface area contributed by atoms with Crippen LogP contribution in [0.1, 0.15) is 17.3 Å². The van der Waals surface area contributed by atoms with Gasteiger partial charge >= 0.3 is 5.97 Å². The van der Waals surface area contributed by atoms with Gasteiger partial charge in [-0.3, -0.25) is 4.79 Å². The van der Waals surface area contributed by atoms with E-state index in [1.165, 1.54) is 18.4 Å². The van der Waals surface area contributed by atoms with Crippen molar-refractivity contribution in [3.63, 3.8) is 0 Å². The monoisotopic (exact) mass is 255 g/mol. The lowest BCUT2D eigenvalue weighted by Gasteiger charge is -2.36. The third-order valence-electron chi connectivity index (χ3n) is 2.69. The Morgan fingerprint density at radius 1 is 1.53 bits per heavy atom. The molecule has 92 valence electrons. The maximum atomic E-state index is 11.9. The van der Waals surface area contributed by atoms with Crippen LogP contribution in [-0.4, -0.2) is 32.2 Å². The number of methoxy groups -OCH3 is 1. The van der Waals surface area contributed by atoms with Crippen LogP contribution in [-0.2, 0) is 14.3 Å². The van der Waals surface area contributed by atoms with E-state index in [0.717, 1.165) is 0 Å². The predicted octanol–water partition coefficient (Wildman–Crippen LogP) is 1.51. The Kier molecular flexibility index (Phi) is 3.17. The van der Waals surface area contributed by atoms with Crippen LogP contribution in [0, 0.1) is 5.41 Å². The zero-order valence-corrected chi connectivity index (χ0v) is 10.4. The number of esters is 1. The molecule has 17 heavy (non-hydrogen) atoms. The maximum Gasteiger partial charge on any atom is 0.340 e. The first-order valence-electron chi connectivity index (χ1n) is 5.12. The molecule has 1 aromatic heterocycles. The highest BCUT2D eigenvalue weighted by Gasteiger charge is 2.41. The molecule has 1 fully saturated rings. The topological polar surface area (TPSA) is 64.6 Å². The molecule has 0 aliphatic carbocycles. The van der Waals surface area contributed by atoms with Crippen molar-refractivity contribution in [1.82, 2.24) is 0 Å². The molecule has 1 amide bonds. The molecule has 1 aromatic rings. The number of amides is 1. The van der Waals surface area contributed by atoms with E-state index < -0.39 is 11.4 Å². The Labute approximate surface area is 103 Å². The van der Waals surface area contributed by atoms with Crippen LogP contribution < -0.4 is 5.32 Å². The van der Waals surface area contributed by atoms with Gasteiger partial charge in [0.2, 0.25) is 5.91 Å². The van der Waals surface area contributed by atoms with Crippen LogP contribution in [0.3, 0.4) is 0 Å². The van der Waals surface area contributed by atoms with Crippen molar-refractivity contribution >= 4 is 28.2 Å². The number of carbonyl (C=O) groups is 2. The van der Waals surface area contributed by atoms with Gasteiger partial charge in [0.1, 0.15) is 5.00 Å². The highest BCUT2D eigenvalue weighted by Crippen LogP contribution is 2.31. The van der Waals surface area contributed by atoms with Gasteiger partial charge in [-0.2, -0.15) is 0 Å². The number of nitrogens with one attached hydrogen (secondary N) is 1. The number of carbonyl (C=O) groups excluding carboxylic acids is 2. The van der Waals surface area contributed by atoms with Gasteiger partial charge in [-0.15, -0.1) is 11.3 Å². The molecule has 0 atom stereocenters. The number of rotatable bonds is 3. The van der Waals surface area contributed by atoms with Crippen molar-refractivity contribution in [2.24, 2.45) is 5.41 Å². The SMILES string of the molecule is COC(=O)c1ccsc1NC(=O)C1(C)COC1. The lowest BCUT2D eigenvalue weighted by atomic mass is 9.88.